The minimum absolute atomic E-state index is 0.140. The van der Waals surface area contributed by atoms with Gasteiger partial charge < -0.3 is 9.73 Å². The first kappa shape index (κ1) is 11.9. The van der Waals surface area contributed by atoms with Gasteiger partial charge in [-0.25, -0.2) is 0 Å². The summed E-state index contributed by atoms with van der Waals surface area (Å²) in [7, 11) is 1.96. The Kier molecular flexibility index (Phi) is 3.29. The lowest BCUT2D eigenvalue weighted by Crippen LogP contribution is -2.19. The lowest BCUT2D eigenvalue weighted by molar-refractivity contribution is 0.496. The number of nitrogens with zero attached hydrogens (tertiary/aromatic N) is 1. The van der Waals surface area contributed by atoms with E-state index in [9.17, 15) is 0 Å². The van der Waals surface area contributed by atoms with E-state index < -0.39 is 0 Å². The number of hydrogen-bond acceptors (Lipinski definition) is 3. The Morgan fingerprint density at radius 1 is 1.24 bits per heavy atom. The van der Waals surface area contributed by atoms with Gasteiger partial charge in [0.2, 0.25) is 0 Å². The molecule has 0 aromatic carbocycles. The van der Waals surface area contributed by atoms with E-state index in [2.05, 4.69) is 23.3 Å². The molecule has 0 fully saturated rings. The summed E-state index contributed by atoms with van der Waals surface area (Å²) in [6.07, 6.45) is 3.73. The highest BCUT2D eigenvalue weighted by molar-refractivity contribution is 5.36. The van der Waals surface area contributed by atoms with Crippen LogP contribution in [0.2, 0.25) is 0 Å². The zero-order valence-electron chi connectivity index (χ0n) is 10.7. The molecule has 2 aromatic heterocycles. The van der Waals surface area contributed by atoms with E-state index in [0.29, 0.717) is 0 Å². The van der Waals surface area contributed by atoms with E-state index in [1.807, 2.05) is 39.4 Å². The van der Waals surface area contributed by atoms with Crippen LogP contribution in [0.3, 0.4) is 0 Å². The molecule has 2 rings (SSSR count). The number of hydrogen-bond donors (Lipinski definition) is 1. The van der Waals surface area contributed by atoms with Gasteiger partial charge in [0.15, 0.2) is 0 Å². The van der Waals surface area contributed by atoms with Gasteiger partial charge in [0.1, 0.15) is 11.5 Å². The summed E-state index contributed by atoms with van der Waals surface area (Å²) in [5.41, 5.74) is 3.61. The maximum absolute atomic E-state index is 5.60. The van der Waals surface area contributed by atoms with Crippen molar-refractivity contribution in [2.75, 3.05) is 7.05 Å². The van der Waals surface area contributed by atoms with Crippen molar-refractivity contribution in [2.24, 2.45) is 0 Å². The van der Waals surface area contributed by atoms with Gasteiger partial charge in [0.05, 0.1) is 6.04 Å². The van der Waals surface area contributed by atoms with Gasteiger partial charge in [-0.1, -0.05) is 0 Å². The average Bonchev–Trinajstić information content (AvgIpc) is 2.62. The maximum Gasteiger partial charge on any atom is 0.106 e. The van der Waals surface area contributed by atoms with Gasteiger partial charge in [-0.05, 0) is 51.1 Å². The van der Waals surface area contributed by atoms with Crippen molar-refractivity contribution < 1.29 is 4.42 Å². The van der Waals surface area contributed by atoms with E-state index >= 15 is 0 Å². The van der Waals surface area contributed by atoms with Gasteiger partial charge in [-0.15, -0.1) is 0 Å². The van der Waals surface area contributed by atoms with E-state index in [0.717, 1.165) is 11.5 Å². The molecule has 0 radical (unpaired) electrons. The number of rotatable bonds is 3. The zero-order valence-corrected chi connectivity index (χ0v) is 10.7. The Balaban J connectivity index is 2.47. The molecule has 3 nitrogen and oxygen atoms in total. The minimum atomic E-state index is 0.140. The first-order valence-electron chi connectivity index (χ1n) is 5.78. The number of nitrogens with one attached hydrogen (secondary N) is 1. The molecular formula is C14H18N2O. The fourth-order valence-electron chi connectivity index (χ4n) is 2.19. The monoisotopic (exact) mass is 230 g/mol. The molecule has 0 saturated heterocycles. The average molecular weight is 230 g/mol. The molecule has 0 amide bonds. The first-order valence-corrected chi connectivity index (χ1v) is 5.78. The van der Waals surface area contributed by atoms with Crippen LogP contribution in [-0.4, -0.2) is 12.0 Å². The Bertz CT molecular complexity index is 517. The van der Waals surface area contributed by atoms with Gasteiger partial charge in [0.25, 0.3) is 0 Å². The third kappa shape index (κ3) is 2.24. The first-order chi connectivity index (χ1) is 8.13. The summed E-state index contributed by atoms with van der Waals surface area (Å²) in [5, 5.41) is 3.33. The second-order valence-electron chi connectivity index (χ2n) is 4.32. The van der Waals surface area contributed by atoms with E-state index in [4.69, 9.17) is 4.42 Å². The van der Waals surface area contributed by atoms with Crippen LogP contribution < -0.4 is 5.32 Å². The van der Waals surface area contributed by atoms with E-state index in [1.54, 1.807) is 0 Å². The Hall–Kier alpha value is -1.61. The van der Waals surface area contributed by atoms with E-state index in [1.165, 1.54) is 16.7 Å². The van der Waals surface area contributed by atoms with Crippen molar-refractivity contribution in [3.05, 3.63) is 52.7 Å². The number of aromatic nitrogens is 1. The molecule has 1 atom stereocenters. The van der Waals surface area contributed by atoms with Crippen LogP contribution in [0.1, 0.15) is 34.3 Å². The van der Waals surface area contributed by atoms with Gasteiger partial charge in [0, 0.05) is 18.0 Å². The van der Waals surface area contributed by atoms with Crippen LogP contribution in [0.5, 0.6) is 0 Å². The molecule has 0 aliphatic heterocycles. The van der Waals surface area contributed by atoms with Crippen molar-refractivity contribution >= 4 is 0 Å². The second-order valence-corrected chi connectivity index (χ2v) is 4.32. The molecule has 2 aromatic rings. The van der Waals surface area contributed by atoms with Crippen molar-refractivity contribution in [2.45, 2.75) is 26.8 Å². The minimum Gasteiger partial charge on any atom is -0.466 e. The highest BCUT2D eigenvalue weighted by atomic mass is 16.3. The van der Waals surface area contributed by atoms with Crippen LogP contribution >= 0.6 is 0 Å². The predicted octanol–water partition coefficient (Wildman–Crippen LogP) is 2.91. The Morgan fingerprint density at radius 2 is 2.00 bits per heavy atom. The SMILES string of the molecule is CNC(c1cnccc1C)c1cc(C)oc1C. The predicted molar refractivity (Wildman–Crippen MR) is 68.1 cm³/mol. The molecule has 2 heterocycles. The fraction of sp³-hybridized carbons (Fsp3) is 0.357. The summed E-state index contributed by atoms with van der Waals surface area (Å²) >= 11 is 0. The molecular weight excluding hydrogens is 212 g/mol. The van der Waals surface area contributed by atoms with Crippen LogP contribution in [0.25, 0.3) is 0 Å². The standard InChI is InChI=1S/C14H18N2O/c1-9-5-6-16-8-13(9)14(15-4)12-7-10(2)17-11(12)3/h5-8,14-15H,1-4H3. The summed E-state index contributed by atoms with van der Waals surface area (Å²) in [5.74, 6) is 1.91. The van der Waals surface area contributed by atoms with Crippen molar-refractivity contribution in [3.63, 3.8) is 0 Å². The Labute approximate surface area is 102 Å². The quantitative estimate of drug-likeness (QED) is 0.881. The lowest BCUT2D eigenvalue weighted by Gasteiger charge is -2.17. The highest BCUT2D eigenvalue weighted by Crippen LogP contribution is 2.28. The smallest absolute Gasteiger partial charge is 0.106 e. The summed E-state index contributed by atoms with van der Waals surface area (Å²) in [6.45, 7) is 6.07. The highest BCUT2D eigenvalue weighted by Gasteiger charge is 2.19. The topological polar surface area (TPSA) is 38.1 Å². The largest absolute Gasteiger partial charge is 0.466 e. The Morgan fingerprint density at radius 3 is 2.53 bits per heavy atom. The number of furan rings is 1. The third-order valence-electron chi connectivity index (χ3n) is 3.07. The molecule has 90 valence electrons. The van der Waals surface area contributed by atoms with Crippen molar-refractivity contribution in [1.29, 1.82) is 0 Å². The molecule has 0 aliphatic carbocycles. The maximum atomic E-state index is 5.60. The molecule has 0 saturated carbocycles. The fourth-order valence-corrected chi connectivity index (χ4v) is 2.19. The van der Waals surface area contributed by atoms with Crippen LogP contribution in [-0.2, 0) is 0 Å². The summed E-state index contributed by atoms with van der Waals surface area (Å²) in [4.78, 5) is 4.21. The van der Waals surface area contributed by atoms with Crippen LogP contribution in [0, 0.1) is 20.8 Å². The number of pyridine rings is 1. The van der Waals surface area contributed by atoms with Crippen molar-refractivity contribution in [1.82, 2.24) is 10.3 Å². The molecule has 0 spiro atoms. The van der Waals surface area contributed by atoms with Gasteiger partial charge in [-0.3, -0.25) is 4.98 Å². The molecule has 0 bridgehead atoms. The second kappa shape index (κ2) is 4.72. The molecule has 1 N–H and O–H groups in total. The van der Waals surface area contributed by atoms with E-state index in [-0.39, 0.29) is 6.04 Å². The zero-order chi connectivity index (χ0) is 12.4. The molecule has 3 heteroatoms. The number of aryl methyl sites for hydroxylation is 3. The molecule has 0 aliphatic rings. The summed E-state index contributed by atoms with van der Waals surface area (Å²) < 4.78 is 5.60. The van der Waals surface area contributed by atoms with Gasteiger partial charge in [-0.2, -0.15) is 0 Å². The third-order valence-corrected chi connectivity index (χ3v) is 3.07. The van der Waals surface area contributed by atoms with Crippen LogP contribution in [0.15, 0.2) is 28.9 Å². The van der Waals surface area contributed by atoms with Crippen LogP contribution in [0.4, 0.5) is 0 Å². The molecule has 17 heavy (non-hydrogen) atoms. The lowest BCUT2D eigenvalue weighted by atomic mass is 9.97. The van der Waals surface area contributed by atoms with Crippen molar-refractivity contribution in [3.8, 4) is 0 Å². The molecule has 1 unspecified atom stereocenters. The summed E-state index contributed by atoms with van der Waals surface area (Å²) in [6, 6.07) is 4.26. The normalized spacial score (nSPS) is 12.7. The van der Waals surface area contributed by atoms with Gasteiger partial charge >= 0.3 is 0 Å².